The Morgan fingerprint density at radius 2 is 1.78 bits per heavy atom. The maximum absolute atomic E-state index is 11.3. The molecule has 0 radical (unpaired) electrons. The molecular weight excluding hydrogens is 230 g/mol. The second-order valence-corrected chi connectivity index (χ2v) is 5.00. The average molecular weight is 251 g/mol. The van der Waals surface area contributed by atoms with Crippen LogP contribution in [0.2, 0.25) is 0 Å². The summed E-state index contributed by atoms with van der Waals surface area (Å²) >= 11 is 0. The Balaban J connectivity index is 2.30. The first kappa shape index (κ1) is 14.5. The summed E-state index contributed by atoms with van der Waals surface area (Å²) in [6.45, 7) is 6.52. The first-order valence-electron chi connectivity index (χ1n) is 5.90. The molecule has 5 heteroatoms. The van der Waals surface area contributed by atoms with Crippen LogP contribution in [0.3, 0.4) is 0 Å². The van der Waals surface area contributed by atoms with E-state index in [0.717, 1.165) is 11.1 Å². The van der Waals surface area contributed by atoms with Crippen LogP contribution in [0.25, 0.3) is 0 Å². The summed E-state index contributed by atoms with van der Waals surface area (Å²) in [5.41, 5.74) is 12.4. The number of benzene rings is 1. The Kier molecular flexibility index (Phi) is 5.12. The van der Waals surface area contributed by atoms with Gasteiger partial charge >= 0.3 is 6.09 Å². The lowest BCUT2D eigenvalue weighted by Crippen LogP contribution is -2.40. The molecule has 0 aliphatic carbocycles. The second kappa shape index (κ2) is 6.37. The van der Waals surface area contributed by atoms with Crippen LogP contribution in [0.15, 0.2) is 24.3 Å². The SMILES string of the molecule is CC(C)(C)OC(=O)NNCc1ccc(CN)cc1. The van der Waals surface area contributed by atoms with E-state index in [4.69, 9.17) is 10.5 Å². The van der Waals surface area contributed by atoms with Gasteiger partial charge in [-0.25, -0.2) is 10.2 Å². The number of hydrogen-bond acceptors (Lipinski definition) is 4. The zero-order chi connectivity index (χ0) is 13.6. The Hall–Kier alpha value is -1.59. The normalized spacial score (nSPS) is 11.1. The van der Waals surface area contributed by atoms with E-state index in [-0.39, 0.29) is 0 Å². The Morgan fingerprint density at radius 1 is 1.22 bits per heavy atom. The number of carbonyl (C=O) groups excluding carboxylic acids is 1. The fraction of sp³-hybridized carbons (Fsp3) is 0.462. The third kappa shape index (κ3) is 5.65. The summed E-state index contributed by atoms with van der Waals surface area (Å²) in [4.78, 5) is 11.3. The van der Waals surface area contributed by atoms with Crippen LogP contribution >= 0.6 is 0 Å². The molecule has 0 saturated carbocycles. The van der Waals surface area contributed by atoms with Gasteiger partial charge < -0.3 is 10.5 Å². The fourth-order valence-electron chi connectivity index (χ4n) is 1.32. The number of amides is 1. The van der Waals surface area contributed by atoms with E-state index in [2.05, 4.69) is 10.9 Å². The molecule has 18 heavy (non-hydrogen) atoms. The summed E-state index contributed by atoms with van der Waals surface area (Å²) in [5, 5.41) is 0. The summed E-state index contributed by atoms with van der Waals surface area (Å²) in [6, 6.07) is 7.85. The van der Waals surface area contributed by atoms with E-state index in [9.17, 15) is 4.79 Å². The van der Waals surface area contributed by atoms with Gasteiger partial charge in [0.15, 0.2) is 0 Å². The second-order valence-electron chi connectivity index (χ2n) is 5.00. The van der Waals surface area contributed by atoms with Crippen LogP contribution in [0.4, 0.5) is 4.79 Å². The summed E-state index contributed by atoms with van der Waals surface area (Å²) in [7, 11) is 0. The minimum absolute atomic E-state index is 0.485. The van der Waals surface area contributed by atoms with Crippen molar-refractivity contribution in [2.24, 2.45) is 5.73 Å². The van der Waals surface area contributed by atoms with Gasteiger partial charge in [-0.2, -0.15) is 0 Å². The topological polar surface area (TPSA) is 76.4 Å². The molecule has 1 aromatic carbocycles. The number of nitrogens with two attached hydrogens (primary N) is 1. The van der Waals surface area contributed by atoms with Gasteiger partial charge in [-0.1, -0.05) is 24.3 Å². The van der Waals surface area contributed by atoms with Crippen molar-refractivity contribution in [3.8, 4) is 0 Å². The maximum Gasteiger partial charge on any atom is 0.422 e. The van der Waals surface area contributed by atoms with Gasteiger partial charge in [0.1, 0.15) is 5.60 Å². The molecule has 1 aromatic rings. The minimum atomic E-state index is -0.492. The van der Waals surface area contributed by atoms with Crippen LogP contribution in [0.1, 0.15) is 31.9 Å². The van der Waals surface area contributed by atoms with Crippen molar-refractivity contribution in [3.63, 3.8) is 0 Å². The van der Waals surface area contributed by atoms with Gasteiger partial charge in [-0.3, -0.25) is 5.43 Å². The lowest BCUT2D eigenvalue weighted by atomic mass is 10.1. The van der Waals surface area contributed by atoms with E-state index < -0.39 is 11.7 Å². The molecule has 0 bridgehead atoms. The van der Waals surface area contributed by atoms with Crippen molar-refractivity contribution in [1.29, 1.82) is 0 Å². The first-order valence-corrected chi connectivity index (χ1v) is 5.90. The monoisotopic (exact) mass is 251 g/mol. The van der Waals surface area contributed by atoms with Gasteiger partial charge in [0, 0.05) is 13.1 Å². The van der Waals surface area contributed by atoms with Gasteiger partial charge in [0.2, 0.25) is 0 Å². The highest BCUT2D eigenvalue weighted by Gasteiger charge is 2.15. The van der Waals surface area contributed by atoms with Crippen molar-refractivity contribution in [1.82, 2.24) is 10.9 Å². The standard InChI is InChI=1S/C13H21N3O2/c1-13(2,3)18-12(17)16-15-9-11-6-4-10(8-14)5-7-11/h4-7,15H,8-9,14H2,1-3H3,(H,16,17). The molecular formula is C13H21N3O2. The van der Waals surface area contributed by atoms with Crippen molar-refractivity contribution >= 4 is 6.09 Å². The number of hydrogen-bond donors (Lipinski definition) is 3. The number of ether oxygens (including phenoxy) is 1. The lowest BCUT2D eigenvalue weighted by molar-refractivity contribution is 0.0497. The molecule has 0 fully saturated rings. The van der Waals surface area contributed by atoms with Crippen LogP contribution in [-0.2, 0) is 17.8 Å². The summed E-state index contributed by atoms with van der Waals surface area (Å²) in [6.07, 6.45) is -0.485. The van der Waals surface area contributed by atoms with E-state index in [1.807, 2.05) is 45.0 Å². The largest absolute Gasteiger partial charge is 0.443 e. The Morgan fingerprint density at radius 3 is 2.28 bits per heavy atom. The highest BCUT2D eigenvalue weighted by atomic mass is 16.6. The van der Waals surface area contributed by atoms with E-state index in [1.165, 1.54) is 0 Å². The molecule has 5 nitrogen and oxygen atoms in total. The lowest BCUT2D eigenvalue weighted by Gasteiger charge is -2.19. The molecule has 100 valence electrons. The average Bonchev–Trinajstić information content (AvgIpc) is 2.27. The van der Waals surface area contributed by atoms with Crippen LogP contribution < -0.4 is 16.6 Å². The highest BCUT2D eigenvalue weighted by molar-refractivity contribution is 5.66. The van der Waals surface area contributed by atoms with Crippen molar-refractivity contribution in [2.45, 2.75) is 39.5 Å². The number of hydrazine groups is 1. The predicted molar refractivity (Wildman–Crippen MR) is 70.5 cm³/mol. The molecule has 1 rings (SSSR count). The van der Waals surface area contributed by atoms with Crippen LogP contribution in [0.5, 0.6) is 0 Å². The highest BCUT2D eigenvalue weighted by Crippen LogP contribution is 2.06. The number of rotatable bonds is 4. The predicted octanol–water partition coefficient (Wildman–Crippen LogP) is 1.67. The molecule has 0 heterocycles. The van der Waals surface area contributed by atoms with Gasteiger partial charge in [0.25, 0.3) is 0 Å². The van der Waals surface area contributed by atoms with Gasteiger partial charge in [0.05, 0.1) is 0 Å². The molecule has 4 N–H and O–H groups in total. The molecule has 0 aliphatic heterocycles. The summed E-state index contributed by atoms with van der Waals surface area (Å²) in [5.74, 6) is 0. The summed E-state index contributed by atoms with van der Waals surface area (Å²) < 4.78 is 5.08. The van der Waals surface area contributed by atoms with Crippen LogP contribution in [0, 0.1) is 0 Å². The molecule has 1 amide bonds. The third-order valence-electron chi connectivity index (χ3n) is 2.14. The minimum Gasteiger partial charge on any atom is -0.443 e. The molecule has 0 atom stereocenters. The van der Waals surface area contributed by atoms with Gasteiger partial charge in [-0.05, 0) is 31.9 Å². The van der Waals surface area contributed by atoms with Gasteiger partial charge in [-0.15, -0.1) is 0 Å². The third-order valence-corrected chi connectivity index (χ3v) is 2.14. The molecule has 0 saturated heterocycles. The zero-order valence-corrected chi connectivity index (χ0v) is 11.1. The smallest absolute Gasteiger partial charge is 0.422 e. The number of nitrogens with one attached hydrogen (secondary N) is 2. The molecule has 0 spiro atoms. The molecule has 0 aliphatic rings. The van der Waals surface area contributed by atoms with Crippen molar-refractivity contribution in [2.75, 3.05) is 0 Å². The fourth-order valence-corrected chi connectivity index (χ4v) is 1.32. The van der Waals surface area contributed by atoms with Crippen molar-refractivity contribution in [3.05, 3.63) is 35.4 Å². The van der Waals surface area contributed by atoms with Crippen molar-refractivity contribution < 1.29 is 9.53 Å². The molecule has 0 aromatic heterocycles. The van der Waals surface area contributed by atoms with E-state index in [0.29, 0.717) is 13.1 Å². The maximum atomic E-state index is 11.3. The van der Waals surface area contributed by atoms with Crippen LogP contribution in [-0.4, -0.2) is 11.7 Å². The first-order chi connectivity index (χ1) is 8.40. The molecule has 0 unspecified atom stereocenters. The number of carbonyl (C=O) groups is 1. The Bertz CT molecular complexity index is 382. The Labute approximate surface area is 108 Å². The zero-order valence-electron chi connectivity index (χ0n) is 11.1. The van der Waals surface area contributed by atoms with E-state index >= 15 is 0 Å². The van der Waals surface area contributed by atoms with E-state index in [1.54, 1.807) is 0 Å². The quantitative estimate of drug-likeness (QED) is 0.711.